The summed E-state index contributed by atoms with van der Waals surface area (Å²) >= 11 is 0. The topological polar surface area (TPSA) is 35.6 Å². The highest BCUT2D eigenvalue weighted by Crippen LogP contribution is 2.11. The molecule has 1 fully saturated rings. The smallest absolute Gasteiger partial charge is 0.220 e. The van der Waals surface area contributed by atoms with Crippen molar-refractivity contribution in [2.24, 2.45) is 0 Å². The minimum Gasteiger partial charge on any atom is -0.352 e. The van der Waals surface area contributed by atoms with Crippen molar-refractivity contribution in [2.45, 2.75) is 65.0 Å². The largest absolute Gasteiger partial charge is 0.352 e. The van der Waals surface area contributed by atoms with Crippen molar-refractivity contribution in [1.82, 2.24) is 15.1 Å². The number of piperazine rings is 1. The lowest BCUT2D eigenvalue weighted by atomic mass is 10.1. The van der Waals surface area contributed by atoms with E-state index in [1.165, 1.54) is 43.2 Å². The highest BCUT2D eigenvalue weighted by atomic mass is 16.1. The van der Waals surface area contributed by atoms with Crippen molar-refractivity contribution in [2.75, 3.05) is 33.2 Å². The molecular weight excluding hydrogens is 322 g/mol. The summed E-state index contributed by atoms with van der Waals surface area (Å²) in [6, 6.07) is 8.66. The van der Waals surface area contributed by atoms with Crippen LogP contribution in [0.25, 0.3) is 0 Å². The average molecular weight is 360 g/mol. The lowest BCUT2D eigenvalue weighted by Crippen LogP contribution is -2.43. The molecule has 26 heavy (non-hydrogen) atoms. The van der Waals surface area contributed by atoms with E-state index < -0.39 is 0 Å². The van der Waals surface area contributed by atoms with Crippen LogP contribution < -0.4 is 5.32 Å². The summed E-state index contributed by atoms with van der Waals surface area (Å²) in [6.07, 6.45) is 8.00. The van der Waals surface area contributed by atoms with E-state index in [4.69, 9.17) is 0 Å². The molecule has 2 rings (SSSR count). The van der Waals surface area contributed by atoms with Gasteiger partial charge in [-0.3, -0.25) is 9.69 Å². The molecule has 1 aliphatic heterocycles. The molecule has 4 heteroatoms. The molecule has 1 amide bonds. The van der Waals surface area contributed by atoms with E-state index in [1.54, 1.807) is 0 Å². The molecule has 146 valence electrons. The molecule has 0 aliphatic carbocycles. The number of carbonyl (C=O) groups excluding carboxylic acids is 1. The van der Waals surface area contributed by atoms with Crippen LogP contribution in [0.2, 0.25) is 0 Å². The molecule has 1 aliphatic rings. The lowest BCUT2D eigenvalue weighted by Gasteiger charge is -2.32. The third kappa shape index (κ3) is 8.33. The van der Waals surface area contributed by atoms with Crippen molar-refractivity contribution in [3.63, 3.8) is 0 Å². The van der Waals surface area contributed by atoms with Crippen molar-refractivity contribution in [3.8, 4) is 0 Å². The van der Waals surface area contributed by atoms with Crippen LogP contribution in [0.4, 0.5) is 0 Å². The molecule has 0 radical (unpaired) electrons. The molecule has 0 spiro atoms. The second-order valence-corrected chi connectivity index (χ2v) is 7.69. The van der Waals surface area contributed by atoms with Crippen LogP contribution in [-0.2, 0) is 17.9 Å². The fourth-order valence-electron chi connectivity index (χ4n) is 3.46. The number of hydrogen-bond acceptors (Lipinski definition) is 3. The van der Waals surface area contributed by atoms with Crippen LogP contribution in [0.5, 0.6) is 0 Å². The summed E-state index contributed by atoms with van der Waals surface area (Å²) < 4.78 is 0. The van der Waals surface area contributed by atoms with Crippen LogP contribution in [0.15, 0.2) is 24.3 Å². The first kappa shape index (κ1) is 20.9. The van der Waals surface area contributed by atoms with Crippen molar-refractivity contribution >= 4 is 5.91 Å². The SMILES string of the molecule is CCCCCCCCC(=O)NCc1cccc(CN2CCN(C)CC2)c1. The molecule has 0 bridgehead atoms. The Morgan fingerprint density at radius 2 is 1.69 bits per heavy atom. The number of unbranched alkanes of at least 4 members (excludes halogenated alkanes) is 5. The fourth-order valence-corrected chi connectivity index (χ4v) is 3.46. The van der Waals surface area contributed by atoms with E-state index in [9.17, 15) is 4.79 Å². The first-order valence-electron chi connectivity index (χ1n) is 10.4. The standard InChI is InChI=1S/C22H37N3O/c1-3-4-5-6-7-8-12-22(26)23-18-20-10-9-11-21(17-20)19-25-15-13-24(2)14-16-25/h9-11,17H,3-8,12-16,18-19H2,1-2H3,(H,23,26). The van der Waals surface area contributed by atoms with Crippen LogP contribution >= 0.6 is 0 Å². The van der Waals surface area contributed by atoms with Crippen LogP contribution in [0.1, 0.15) is 63.0 Å². The van der Waals surface area contributed by atoms with Gasteiger partial charge in [0.1, 0.15) is 0 Å². The van der Waals surface area contributed by atoms with Crippen molar-refractivity contribution < 1.29 is 4.79 Å². The molecule has 1 N–H and O–H groups in total. The van der Waals surface area contributed by atoms with Gasteiger partial charge in [-0.05, 0) is 24.6 Å². The molecule has 0 aromatic heterocycles. The van der Waals surface area contributed by atoms with E-state index in [0.717, 1.165) is 39.1 Å². The first-order valence-corrected chi connectivity index (χ1v) is 10.4. The Morgan fingerprint density at radius 1 is 1.00 bits per heavy atom. The quantitative estimate of drug-likeness (QED) is 0.611. The zero-order chi connectivity index (χ0) is 18.6. The van der Waals surface area contributed by atoms with Gasteiger partial charge in [-0.25, -0.2) is 0 Å². The molecule has 4 nitrogen and oxygen atoms in total. The average Bonchev–Trinajstić information content (AvgIpc) is 2.65. The molecule has 0 atom stereocenters. The highest BCUT2D eigenvalue weighted by Gasteiger charge is 2.13. The monoisotopic (exact) mass is 359 g/mol. The van der Waals surface area contributed by atoms with E-state index in [-0.39, 0.29) is 5.91 Å². The van der Waals surface area contributed by atoms with Crippen LogP contribution in [0, 0.1) is 0 Å². The summed E-state index contributed by atoms with van der Waals surface area (Å²) in [5.41, 5.74) is 2.55. The predicted octanol–water partition coefficient (Wildman–Crippen LogP) is 3.80. The predicted molar refractivity (Wildman–Crippen MR) is 109 cm³/mol. The Bertz CT molecular complexity index is 524. The second kappa shape index (κ2) is 12.1. The molecule has 1 aromatic carbocycles. The summed E-state index contributed by atoms with van der Waals surface area (Å²) in [5, 5.41) is 3.08. The Morgan fingerprint density at radius 3 is 2.46 bits per heavy atom. The maximum Gasteiger partial charge on any atom is 0.220 e. The molecule has 1 aromatic rings. The third-order valence-corrected chi connectivity index (χ3v) is 5.24. The number of nitrogens with zero attached hydrogens (tertiary/aromatic N) is 2. The van der Waals surface area contributed by atoms with Gasteiger partial charge in [0.2, 0.25) is 5.91 Å². The number of benzene rings is 1. The Hall–Kier alpha value is -1.39. The molecule has 1 heterocycles. The molecule has 0 saturated carbocycles. The van der Waals surface area contributed by atoms with Gasteiger partial charge >= 0.3 is 0 Å². The van der Waals surface area contributed by atoms with E-state index in [2.05, 4.69) is 53.4 Å². The highest BCUT2D eigenvalue weighted by molar-refractivity contribution is 5.75. The maximum absolute atomic E-state index is 12.0. The summed E-state index contributed by atoms with van der Waals surface area (Å²) in [5.74, 6) is 0.185. The van der Waals surface area contributed by atoms with Gasteiger partial charge in [0.25, 0.3) is 0 Å². The van der Waals surface area contributed by atoms with E-state index in [1.807, 2.05) is 0 Å². The van der Waals surface area contributed by atoms with Gasteiger partial charge < -0.3 is 10.2 Å². The number of likely N-dealkylation sites (N-methyl/N-ethyl adjacent to an activating group) is 1. The third-order valence-electron chi connectivity index (χ3n) is 5.24. The normalized spacial score (nSPS) is 15.9. The van der Waals surface area contributed by atoms with Crippen LogP contribution in [-0.4, -0.2) is 48.9 Å². The number of rotatable bonds is 11. The van der Waals surface area contributed by atoms with Gasteiger partial charge in [-0.15, -0.1) is 0 Å². The van der Waals surface area contributed by atoms with E-state index in [0.29, 0.717) is 13.0 Å². The lowest BCUT2D eigenvalue weighted by molar-refractivity contribution is -0.121. The zero-order valence-corrected chi connectivity index (χ0v) is 16.8. The molecular formula is C22H37N3O. The van der Waals surface area contributed by atoms with Crippen LogP contribution in [0.3, 0.4) is 0 Å². The van der Waals surface area contributed by atoms with Gasteiger partial charge in [0, 0.05) is 45.7 Å². The number of amides is 1. The first-order chi connectivity index (χ1) is 12.7. The maximum atomic E-state index is 12.0. The van der Waals surface area contributed by atoms with E-state index >= 15 is 0 Å². The van der Waals surface area contributed by atoms with Gasteiger partial charge in [-0.2, -0.15) is 0 Å². The Kier molecular flexibility index (Phi) is 9.72. The minimum absolute atomic E-state index is 0.185. The molecule has 0 unspecified atom stereocenters. The summed E-state index contributed by atoms with van der Waals surface area (Å²) in [6.45, 7) is 8.44. The zero-order valence-electron chi connectivity index (χ0n) is 16.8. The van der Waals surface area contributed by atoms with Crippen molar-refractivity contribution in [3.05, 3.63) is 35.4 Å². The number of hydrogen-bond donors (Lipinski definition) is 1. The van der Waals surface area contributed by atoms with Gasteiger partial charge in [-0.1, -0.05) is 63.3 Å². The number of carbonyl (C=O) groups is 1. The minimum atomic E-state index is 0.185. The summed E-state index contributed by atoms with van der Waals surface area (Å²) in [7, 11) is 2.19. The fraction of sp³-hybridized carbons (Fsp3) is 0.682. The molecule has 1 saturated heterocycles. The Labute approximate surface area is 159 Å². The Balaban J connectivity index is 1.65. The van der Waals surface area contributed by atoms with Crippen molar-refractivity contribution in [1.29, 1.82) is 0 Å². The van der Waals surface area contributed by atoms with Gasteiger partial charge in [0.15, 0.2) is 0 Å². The van der Waals surface area contributed by atoms with Gasteiger partial charge in [0.05, 0.1) is 0 Å². The number of nitrogens with one attached hydrogen (secondary N) is 1. The second-order valence-electron chi connectivity index (χ2n) is 7.69. The summed E-state index contributed by atoms with van der Waals surface area (Å²) in [4.78, 5) is 16.9.